The lowest BCUT2D eigenvalue weighted by Crippen LogP contribution is -2.51. The molecule has 0 aromatic heterocycles. The fourth-order valence-corrected chi connectivity index (χ4v) is 1.50. The number of rotatable bonds is 1. The van der Waals surface area contributed by atoms with E-state index >= 15 is 0 Å². The van der Waals surface area contributed by atoms with Crippen LogP contribution in [0.3, 0.4) is 0 Å². The molecule has 0 bridgehead atoms. The van der Waals surface area contributed by atoms with Crippen molar-refractivity contribution in [2.45, 2.75) is 5.92 Å². The molecule has 14 heavy (non-hydrogen) atoms. The van der Waals surface area contributed by atoms with Crippen molar-refractivity contribution in [1.82, 2.24) is 4.90 Å². The maximum atomic E-state index is 12.8. The van der Waals surface area contributed by atoms with Gasteiger partial charge in [0.1, 0.15) is 5.70 Å². The lowest BCUT2D eigenvalue weighted by atomic mass is 9.95. The number of Topliss-reactive ketones (excluding diaryl/α,β-unsaturated/α-hetero) is 1. The number of hydrogen-bond acceptors (Lipinski definition) is 3. The first kappa shape index (κ1) is 9.51. The van der Waals surface area contributed by atoms with Crippen molar-refractivity contribution in [3.8, 4) is 0 Å². The van der Waals surface area contributed by atoms with Crippen molar-refractivity contribution in [1.29, 1.82) is 0 Å². The average Bonchev–Trinajstić information content (AvgIpc) is 2.20. The van der Waals surface area contributed by atoms with E-state index in [-0.39, 0.29) is 13.1 Å². The van der Waals surface area contributed by atoms with E-state index in [0.717, 1.165) is 0 Å². The van der Waals surface area contributed by atoms with Gasteiger partial charge in [0.15, 0.2) is 0 Å². The van der Waals surface area contributed by atoms with Gasteiger partial charge in [-0.3, -0.25) is 4.79 Å². The molecule has 0 radical (unpaired) electrons. The summed E-state index contributed by atoms with van der Waals surface area (Å²) in [4.78, 5) is 12.2. The predicted molar refractivity (Wildman–Crippen MR) is 40.5 cm³/mol. The molecule has 0 aromatic rings. The van der Waals surface area contributed by atoms with E-state index in [2.05, 4.69) is 0 Å². The van der Waals surface area contributed by atoms with Crippen LogP contribution in [-0.2, 0) is 9.53 Å². The molecule has 0 saturated carbocycles. The molecule has 0 atom stereocenters. The number of halogens is 3. The summed E-state index contributed by atoms with van der Waals surface area (Å²) in [6.45, 7) is 1.22. The molecular weight excluding hydrogens is 199 g/mol. The van der Waals surface area contributed by atoms with E-state index in [4.69, 9.17) is 4.74 Å². The van der Waals surface area contributed by atoms with Crippen LogP contribution in [-0.4, -0.2) is 42.9 Å². The Bertz CT molecular complexity index is 308. The van der Waals surface area contributed by atoms with Crippen LogP contribution >= 0.6 is 0 Å². The Morgan fingerprint density at radius 2 is 1.86 bits per heavy atom. The van der Waals surface area contributed by atoms with Gasteiger partial charge in [0, 0.05) is 13.1 Å². The van der Waals surface area contributed by atoms with Gasteiger partial charge in [0.05, 0.1) is 13.2 Å². The number of carbonyl (C=O) groups is 1. The van der Waals surface area contributed by atoms with Gasteiger partial charge in [-0.1, -0.05) is 0 Å². The maximum absolute atomic E-state index is 12.8. The second kappa shape index (κ2) is 2.98. The summed E-state index contributed by atoms with van der Waals surface area (Å²) in [5.41, 5.74) is -0.474. The minimum Gasteiger partial charge on any atom is -0.378 e. The molecule has 2 rings (SSSR count). The summed E-state index contributed by atoms with van der Waals surface area (Å²) < 4.78 is 42.8. The first-order valence-electron chi connectivity index (χ1n) is 4.20. The monoisotopic (exact) mass is 207 g/mol. The average molecular weight is 207 g/mol. The van der Waals surface area contributed by atoms with Gasteiger partial charge in [-0.05, 0) is 0 Å². The van der Waals surface area contributed by atoms with Crippen molar-refractivity contribution in [3.63, 3.8) is 0 Å². The third-order valence-electron chi connectivity index (χ3n) is 2.31. The Morgan fingerprint density at radius 3 is 2.36 bits per heavy atom. The van der Waals surface area contributed by atoms with Crippen molar-refractivity contribution in [3.05, 3.63) is 11.5 Å². The maximum Gasteiger partial charge on any atom is 0.364 e. The topological polar surface area (TPSA) is 29.5 Å². The summed E-state index contributed by atoms with van der Waals surface area (Å²) in [5.74, 6) is -6.92. The number of hydrogen-bond donors (Lipinski definition) is 0. The highest BCUT2D eigenvalue weighted by atomic mass is 19.3. The second-order valence-corrected chi connectivity index (χ2v) is 3.17. The first-order chi connectivity index (χ1) is 6.55. The van der Waals surface area contributed by atoms with Gasteiger partial charge >= 0.3 is 5.92 Å². The largest absolute Gasteiger partial charge is 0.378 e. The molecule has 1 aliphatic carbocycles. The molecular formula is C8H8F3NO2. The van der Waals surface area contributed by atoms with Crippen LogP contribution in [0.1, 0.15) is 0 Å². The van der Waals surface area contributed by atoms with Gasteiger partial charge in [0.25, 0.3) is 5.78 Å². The Labute approximate surface area is 78.1 Å². The van der Waals surface area contributed by atoms with E-state index in [1.165, 1.54) is 4.90 Å². The first-order valence-corrected chi connectivity index (χ1v) is 4.20. The van der Waals surface area contributed by atoms with Gasteiger partial charge < -0.3 is 9.64 Å². The zero-order valence-corrected chi connectivity index (χ0v) is 7.23. The molecule has 3 nitrogen and oxygen atoms in total. The molecule has 0 aromatic carbocycles. The zero-order valence-electron chi connectivity index (χ0n) is 7.23. The predicted octanol–water partition coefficient (Wildman–Crippen LogP) is 0.718. The minimum absolute atomic E-state index is 0.282. The van der Waals surface area contributed by atoms with Crippen LogP contribution in [0.2, 0.25) is 0 Å². The van der Waals surface area contributed by atoms with E-state index in [0.29, 0.717) is 13.2 Å². The Balaban J connectivity index is 2.19. The van der Waals surface area contributed by atoms with Gasteiger partial charge in [-0.2, -0.15) is 8.78 Å². The normalized spacial score (nSPS) is 26.5. The molecule has 6 heteroatoms. The molecule has 1 aliphatic heterocycles. The van der Waals surface area contributed by atoms with E-state index in [1.807, 2.05) is 0 Å². The van der Waals surface area contributed by atoms with Crippen LogP contribution in [0.15, 0.2) is 11.5 Å². The smallest absolute Gasteiger partial charge is 0.364 e. The van der Waals surface area contributed by atoms with Crippen molar-refractivity contribution < 1.29 is 22.7 Å². The standard InChI is InChI=1S/C8H8F3NO2/c9-6-5(7(13)8(6,10)11)12-1-3-14-4-2-12/h1-4H2. The number of allylic oxidation sites excluding steroid dienone is 2. The van der Waals surface area contributed by atoms with Crippen LogP contribution < -0.4 is 0 Å². The molecule has 2 aliphatic rings. The summed E-state index contributed by atoms with van der Waals surface area (Å²) in [6, 6.07) is 0. The number of alkyl halides is 2. The Kier molecular flexibility index (Phi) is 2.02. The van der Waals surface area contributed by atoms with Gasteiger partial charge in [-0.25, -0.2) is 4.39 Å². The van der Waals surface area contributed by atoms with Crippen molar-refractivity contribution in [2.75, 3.05) is 26.3 Å². The lowest BCUT2D eigenvalue weighted by molar-refractivity contribution is -0.146. The van der Waals surface area contributed by atoms with Crippen LogP contribution in [0.25, 0.3) is 0 Å². The minimum atomic E-state index is -3.90. The van der Waals surface area contributed by atoms with Crippen LogP contribution in [0, 0.1) is 0 Å². The van der Waals surface area contributed by atoms with Crippen molar-refractivity contribution in [2.24, 2.45) is 0 Å². The molecule has 78 valence electrons. The molecule has 1 fully saturated rings. The third kappa shape index (κ3) is 1.13. The number of nitrogens with zero attached hydrogens (tertiary/aromatic N) is 1. The third-order valence-corrected chi connectivity index (χ3v) is 2.31. The summed E-state index contributed by atoms with van der Waals surface area (Å²) in [6.07, 6.45) is 0. The Morgan fingerprint density at radius 1 is 1.29 bits per heavy atom. The van der Waals surface area contributed by atoms with Crippen LogP contribution in [0.4, 0.5) is 13.2 Å². The molecule has 1 heterocycles. The zero-order chi connectivity index (χ0) is 10.3. The highest BCUT2D eigenvalue weighted by Gasteiger charge is 2.59. The van der Waals surface area contributed by atoms with Crippen LogP contribution in [0.5, 0.6) is 0 Å². The van der Waals surface area contributed by atoms with E-state index in [1.54, 1.807) is 0 Å². The number of ether oxygens (including phenoxy) is 1. The van der Waals surface area contributed by atoms with Gasteiger partial charge in [0.2, 0.25) is 5.83 Å². The summed E-state index contributed by atoms with van der Waals surface area (Å²) in [5, 5.41) is 0. The second-order valence-electron chi connectivity index (χ2n) is 3.17. The lowest BCUT2D eigenvalue weighted by Gasteiger charge is -2.36. The summed E-state index contributed by atoms with van der Waals surface area (Å²) in [7, 11) is 0. The molecule has 0 amide bonds. The quantitative estimate of drug-likeness (QED) is 0.634. The van der Waals surface area contributed by atoms with E-state index in [9.17, 15) is 18.0 Å². The number of morpholine rings is 1. The summed E-state index contributed by atoms with van der Waals surface area (Å²) >= 11 is 0. The number of carbonyl (C=O) groups excluding carboxylic acids is 1. The highest BCUT2D eigenvalue weighted by Crippen LogP contribution is 2.42. The SMILES string of the molecule is O=C1C(N2CCOCC2)=C(F)C1(F)F. The Hall–Kier alpha value is -1.04. The molecule has 0 spiro atoms. The fourth-order valence-electron chi connectivity index (χ4n) is 1.50. The highest BCUT2D eigenvalue weighted by molar-refractivity contribution is 6.09. The van der Waals surface area contributed by atoms with E-state index < -0.39 is 23.2 Å². The molecule has 0 N–H and O–H groups in total. The fraction of sp³-hybridized carbons (Fsp3) is 0.625. The van der Waals surface area contributed by atoms with Gasteiger partial charge in [-0.15, -0.1) is 0 Å². The molecule has 1 saturated heterocycles. The molecule has 0 unspecified atom stereocenters. The number of ketones is 1. The van der Waals surface area contributed by atoms with Crippen molar-refractivity contribution >= 4 is 5.78 Å².